The lowest BCUT2D eigenvalue weighted by atomic mass is 10.2. The Balaban J connectivity index is 0.00000364. The summed E-state index contributed by atoms with van der Waals surface area (Å²) in [6.45, 7) is 5.49. The number of nitrogens with zero attached hydrogens (tertiary/aromatic N) is 3. The Morgan fingerprint density at radius 3 is 2.52 bits per heavy atom. The Labute approximate surface area is 179 Å². The first-order chi connectivity index (χ1) is 12.6. The maximum Gasteiger partial charge on any atom is 0.194 e. The molecule has 2 aromatic rings. The molecule has 6 nitrogen and oxygen atoms in total. The van der Waals surface area contributed by atoms with Gasteiger partial charge in [-0.05, 0) is 36.8 Å². The standard InChI is InChI=1S/C20H30N4O2.HI/c1-5-21-20(24(3)16-18-7-6-12-23(18)2)22-15-17-8-10-19(11-9-17)26-14-13-25-4;/h6-12H,5,13-16H2,1-4H3,(H,21,22);1H. The topological polar surface area (TPSA) is 51.0 Å². The molecule has 0 atom stereocenters. The van der Waals surface area contributed by atoms with Gasteiger partial charge in [-0.2, -0.15) is 0 Å². The molecule has 0 bridgehead atoms. The predicted molar refractivity (Wildman–Crippen MR) is 121 cm³/mol. The summed E-state index contributed by atoms with van der Waals surface area (Å²) in [5.74, 6) is 1.75. The van der Waals surface area contributed by atoms with Crippen molar-refractivity contribution in [2.24, 2.45) is 12.0 Å². The molecule has 150 valence electrons. The van der Waals surface area contributed by atoms with E-state index in [1.54, 1.807) is 7.11 Å². The third kappa shape index (κ3) is 7.80. The summed E-state index contributed by atoms with van der Waals surface area (Å²) in [5.41, 5.74) is 2.39. The van der Waals surface area contributed by atoms with Gasteiger partial charge in [0, 0.05) is 39.6 Å². The highest BCUT2D eigenvalue weighted by atomic mass is 127. The van der Waals surface area contributed by atoms with Gasteiger partial charge in [-0.15, -0.1) is 24.0 Å². The summed E-state index contributed by atoms with van der Waals surface area (Å²) in [6.07, 6.45) is 2.06. The normalized spacial score (nSPS) is 11.0. The van der Waals surface area contributed by atoms with E-state index in [9.17, 15) is 0 Å². The predicted octanol–water partition coefficient (Wildman–Crippen LogP) is 3.27. The van der Waals surface area contributed by atoms with Crippen LogP contribution < -0.4 is 10.1 Å². The molecule has 0 aliphatic carbocycles. The molecule has 1 N–H and O–H groups in total. The zero-order valence-corrected chi connectivity index (χ0v) is 19.0. The van der Waals surface area contributed by atoms with Crippen molar-refractivity contribution in [3.63, 3.8) is 0 Å². The van der Waals surface area contributed by atoms with Crippen LogP contribution >= 0.6 is 24.0 Å². The number of aliphatic imine (C=N–C) groups is 1. The smallest absolute Gasteiger partial charge is 0.194 e. The first kappa shape index (κ1) is 23.3. The lowest BCUT2D eigenvalue weighted by Gasteiger charge is -2.22. The van der Waals surface area contributed by atoms with Crippen molar-refractivity contribution in [3.05, 3.63) is 53.9 Å². The Morgan fingerprint density at radius 2 is 1.93 bits per heavy atom. The summed E-state index contributed by atoms with van der Waals surface area (Å²) in [7, 11) is 5.78. The van der Waals surface area contributed by atoms with Crippen molar-refractivity contribution in [2.45, 2.75) is 20.0 Å². The fraction of sp³-hybridized carbons (Fsp3) is 0.450. The number of benzene rings is 1. The molecular weight excluding hydrogens is 455 g/mol. The average molecular weight is 486 g/mol. The van der Waals surface area contributed by atoms with Crippen molar-refractivity contribution >= 4 is 29.9 Å². The molecule has 0 spiro atoms. The van der Waals surface area contributed by atoms with Crippen LogP contribution in [0.5, 0.6) is 5.75 Å². The summed E-state index contributed by atoms with van der Waals surface area (Å²) >= 11 is 0. The van der Waals surface area contributed by atoms with Gasteiger partial charge in [0.1, 0.15) is 12.4 Å². The van der Waals surface area contributed by atoms with Crippen molar-refractivity contribution in [1.82, 2.24) is 14.8 Å². The number of aromatic nitrogens is 1. The highest BCUT2D eigenvalue weighted by molar-refractivity contribution is 14.0. The molecule has 2 rings (SSSR count). The number of halogens is 1. The second-order valence-electron chi connectivity index (χ2n) is 6.12. The van der Waals surface area contributed by atoms with Gasteiger partial charge in [-0.25, -0.2) is 4.99 Å². The summed E-state index contributed by atoms with van der Waals surface area (Å²) in [5, 5.41) is 3.36. The van der Waals surface area contributed by atoms with Crippen LogP contribution in [0.1, 0.15) is 18.2 Å². The molecule has 7 heteroatoms. The van der Waals surface area contributed by atoms with E-state index in [0.717, 1.165) is 30.4 Å². The van der Waals surface area contributed by atoms with Crippen molar-refractivity contribution in [3.8, 4) is 5.75 Å². The number of nitrogens with one attached hydrogen (secondary N) is 1. The van der Waals surface area contributed by atoms with Crippen molar-refractivity contribution in [1.29, 1.82) is 0 Å². The summed E-state index contributed by atoms with van der Waals surface area (Å²) < 4.78 is 12.7. The minimum atomic E-state index is 0. The van der Waals surface area contributed by atoms with Crippen LogP contribution in [-0.2, 0) is 24.9 Å². The van der Waals surface area contributed by atoms with E-state index in [1.165, 1.54) is 5.69 Å². The summed E-state index contributed by atoms with van der Waals surface area (Å²) in [4.78, 5) is 6.90. The molecular formula is C20H31IN4O2. The molecule has 1 aromatic heterocycles. The van der Waals surface area contributed by atoms with Crippen LogP contribution in [0.15, 0.2) is 47.6 Å². The van der Waals surface area contributed by atoms with E-state index in [-0.39, 0.29) is 24.0 Å². The minimum Gasteiger partial charge on any atom is -0.491 e. The quantitative estimate of drug-likeness (QED) is 0.256. The van der Waals surface area contributed by atoms with E-state index in [2.05, 4.69) is 54.1 Å². The first-order valence-corrected chi connectivity index (χ1v) is 8.94. The summed E-state index contributed by atoms with van der Waals surface area (Å²) in [6, 6.07) is 12.2. The number of methoxy groups -OCH3 is 1. The van der Waals surface area contributed by atoms with Gasteiger partial charge >= 0.3 is 0 Å². The molecule has 0 unspecified atom stereocenters. The molecule has 0 saturated heterocycles. The van der Waals surface area contributed by atoms with Gasteiger partial charge in [0.05, 0.1) is 19.7 Å². The fourth-order valence-electron chi connectivity index (χ4n) is 2.55. The third-order valence-electron chi connectivity index (χ3n) is 4.04. The van der Waals surface area contributed by atoms with Crippen LogP contribution in [0, 0.1) is 0 Å². The molecule has 1 heterocycles. The fourth-order valence-corrected chi connectivity index (χ4v) is 2.55. The zero-order chi connectivity index (χ0) is 18.8. The van der Waals surface area contributed by atoms with Gasteiger partial charge in [0.15, 0.2) is 5.96 Å². The molecule has 27 heavy (non-hydrogen) atoms. The maximum absolute atomic E-state index is 5.59. The number of hydrogen-bond acceptors (Lipinski definition) is 3. The Kier molecular flexibility index (Phi) is 10.9. The van der Waals surface area contributed by atoms with Gasteiger partial charge in [-0.1, -0.05) is 12.1 Å². The van der Waals surface area contributed by atoms with E-state index < -0.39 is 0 Å². The zero-order valence-electron chi connectivity index (χ0n) is 16.6. The van der Waals surface area contributed by atoms with Gasteiger partial charge < -0.3 is 24.3 Å². The number of guanidine groups is 1. The van der Waals surface area contributed by atoms with Crippen LogP contribution in [-0.4, -0.2) is 49.3 Å². The number of rotatable bonds is 9. The van der Waals surface area contributed by atoms with E-state index >= 15 is 0 Å². The highest BCUT2D eigenvalue weighted by Gasteiger charge is 2.08. The molecule has 0 radical (unpaired) electrons. The minimum absolute atomic E-state index is 0. The average Bonchev–Trinajstić information content (AvgIpc) is 3.04. The molecule has 1 aromatic carbocycles. The van der Waals surface area contributed by atoms with Crippen molar-refractivity contribution < 1.29 is 9.47 Å². The number of hydrogen-bond donors (Lipinski definition) is 1. The maximum atomic E-state index is 5.59. The van der Waals surface area contributed by atoms with Crippen LogP contribution in [0.25, 0.3) is 0 Å². The van der Waals surface area contributed by atoms with Gasteiger partial charge in [0.25, 0.3) is 0 Å². The van der Waals surface area contributed by atoms with Crippen LogP contribution in [0.2, 0.25) is 0 Å². The largest absolute Gasteiger partial charge is 0.491 e. The molecule has 0 aliphatic rings. The highest BCUT2D eigenvalue weighted by Crippen LogP contribution is 2.13. The molecule has 0 saturated carbocycles. The molecule has 0 aliphatic heterocycles. The second kappa shape index (κ2) is 12.6. The first-order valence-electron chi connectivity index (χ1n) is 8.94. The monoisotopic (exact) mass is 486 g/mol. The van der Waals surface area contributed by atoms with E-state index in [4.69, 9.17) is 14.5 Å². The van der Waals surface area contributed by atoms with Gasteiger partial charge in [-0.3, -0.25) is 0 Å². The van der Waals surface area contributed by atoms with E-state index in [1.807, 2.05) is 24.3 Å². The molecule has 0 fully saturated rings. The third-order valence-corrected chi connectivity index (χ3v) is 4.04. The number of ether oxygens (including phenoxy) is 2. The van der Waals surface area contributed by atoms with E-state index in [0.29, 0.717) is 19.8 Å². The van der Waals surface area contributed by atoms with Crippen LogP contribution in [0.4, 0.5) is 0 Å². The Morgan fingerprint density at radius 1 is 1.19 bits per heavy atom. The van der Waals surface area contributed by atoms with Crippen LogP contribution in [0.3, 0.4) is 0 Å². The Hall–Kier alpha value is -1.74. The van der Waals surface area contributed by atoms with Gasteiger partial charge in [0.2, 0.25) is 0 Å². The lowest BCUT2D eigenvalue weighted by molar-refractivity contribution is 0.146. The lowest BCUT2D eigenvalue weighted by Crippen LogP contribution is -2.38. The SMILES string of the molecule is CCNC(=NCc1ccc(OCCOC)cc1)N(C)Cc1cccn1C.I. The second-order valence-corrected chi connectivity index (χ2v) is 6.12. The van der Waals surface area contributed by atoms with Crippen molar-refractivity contribution in [2.75, 3.05) is 33.9 Å². The number of aryl methyl sites for hydroxylation is 1. The Bertz CT molecular complexity index is 686. The molecule has 0 amide bonds.